The highest BCUT2D eigenvalue weighted by Crippen LogP contribution is 2.33. The molecule has 0 saturated carbocycles. The number of carbonyl (C=O) groups excluding carboxylic acids is 1. The molecule has 27 heavy (non-hydrogen) atoms. The maximum absolute atomic E-state index is 13.1. The van der Waals surface area contributed by atoms with E-state index in [1.807, 2.05) is 4.90 Å². The Morgan fingerprint density at radius 3 is 2.67 bits per heavy atom. The first-order valence-electron chi connectivity index (χ1n) is 8.34. The van der Waals surface area contributed by atoms with Crippen molar-refractivity contribution < 1.29 is 22.7 Å². The monoisotopic (exact) mass is 400 g/mol. The first kappa shape index (κ1) is 19.4. The van der Waals surface area contributed by atoms with Crippen LogP contribution in [0.2, 0.25) is 0 Å². The molecule has 2 N–H and O–H groups in total. The van der Waals surface area contributed by atoms with Gasteiger partial charge in [-0.05, 0) is 11.6 Å². The molecule has 1 fully saturated rings. The Morgan fingerprint density at radius 2 is 2.00 bits per heavy atom. The van der Waals surface area contributed by atoms with Crippen molar-refractivity contribution in [2.75, 3.05) is 43.6 Å². The number of benzene rings is 1. The van der Waals surface area contributed by atoms with Gasteiger partial charge >= 0.3 is 6.18 Å². The lowest BCUT2D eigenvalue weighted by molar-refractivity contribution is -0.138. The minimum atomic E-state index is -4.47. The Labute approximate surface area is 158 Å². The van der Waals surface area contributed by atoms with Gasteiger partial charge in [0.2, 0.25) is 0 Å². The van der Waals surface area contributed by atoms with Crippen molar-refractivity contribution in [3.8, 4) is 0 Å². The molecular weight excluding hydrogens is 381 g/mol. The fourth-order valence-electron chi connectivity index (χ4n) is 2.73. The molecule has 0 bridgehead atoms. The van der Waals surface area contributed by atoms with Crippen molar-refractivity contribution in [3.63, 3.8) is 0 Å². The SMILES string of the molecule is CNc1sc(N2CCOCC2)nc1C(=O)NCc1ccccc1C(F)(F)F. The Bertz CT molecular complexity index is 804. The van der Waals surface area contributed by atoms with Gasteiger partial charge in [-0.3, -0.25) is 4.79 Å². The quantitative estimate of drug-likeness (QED) is 0.808. The van der Waals surface area contributed by atoms with Gasteiger partial charge in [0.15, 0.2) is 10.8 Å². The highest BCUT2D eigenvalue weighted by atomic mass is 32.1. The lowest BCUT2D eigenvalue weighted by Crippen LogP contribution is -2.36. The van der Waals surface area contributed by atoms with Crippen molar-refractivity contribution >= 4 is 27.4 Å². The number of carbonyl (C=O) groups is 1. The largest absolute Gasteiger partial charge is 0.416 e. The van der Waals surface area contributed by atoms with Crippen molar-refractivity contribution in [2.24, 2.45) is 0 Å². The average Bonchev–Trinajstić information content (AvgIpc) is 3.11. The van der Waals surface area contributed by atoms with E-state index in [2.05, 4.69) is 15.6 Å². The number of ether oxygens (including phenoxy) is 1. The number of halogens is 3. The summed E-state index contributed by atoms with van der Waals surface area (Å²) < 4.78 is 44.5. The Hall–Kier alpha value is -2.33. The van der Waals surface area contributed by atoms with Crippen LogP contribution in [-0.2, 0) is 17.5 Å². The van der Waals surface area contributed by atoms with Crippen molar-refractivity contribution in [3.05, 3.63) is 41.1 Å². The van der Waals surface area contributed by atoms with Crippen LogP contribution in [0.5, 0.6) is 0 Å². The second-order valence-electron chi connectivity index (χ2n) is 5.86. The van der Waals surface area contributed by atoms with E-state index in [9.17, 15) is 18.0 Å². The fraction of sp³-hybridized carbons (Fsp3) is 0.412. The first-order chi connectivity index (χ1) is 12.9. The number of anilines is 2. The highest BCUT2D eigenvalue weighted by Gasteiger charge is 2.33. The fourth-order valence-corrected chi connectivity index (χ4v) is 3.70. The van der Waals surface area contributed by atoms with Crippen molar-refractivity contribution in [2.45, 2.75) is 12.7 Å². The van der Waals surface area contributed by atoms with Gasteiger partial charge in [-0.2, -0.15) is 13.2 Å². The summed E-state index contributed by atoms with van der Waals surface area (Å²) in [5, 5.41) is 6.72. The van der Waals surface area contributed by atoms with Crippen LogP contribution >= 0.6 is 11.3 Å². The predicted octanol–water partition coefficient (Wildman–Crippen LogP) is 2.97. The molecule has 1 aliphatic rings. The Morgan fingerprint density at radius 1 is 1.30 bits per heavy atom. The topological polar surface area (TPSA) is 66.5 Å². The molecule has 6 nitrogen and oxygen atoms in total. The summed E-state index contributed by atoms with van der Waals surface area (Å²) in [7, 11) is 1.67. The molecule has 146 valence electrons. The summed E-state index contributed by atoms with van der Waals surface area (Å²) in [6, 6.07) is 5.18. The molecule has 1 aromatic carbocycles. The van der Waals surface area contributed by atoms with E-state index in [1.165, 1.54) is 29.5 Å². The minimum absolute atomic E-state index is 0.00740. The zero-order chi connectivity index (χ0) is 19.4. The van der Waals surface area contributed by atoms with Gasteiger partial charge in [0.1, 0.15) is 5.00 Å². The van der Waals surface area contributed by atoms with Crippen LogP contribution < -0.4 is 15.5 Å². The van der Waals surface area contributed by atoms with Gasteiger partial charge in [-0.25, -0.2) is 4.98 Å². The second kappa shape index (κ2) is 8.13. The number of morpholine rings is 1. The van der Waals surface area contributed by atoms with E-state index in [4.69, 9.17) is 4.74 Å². The number of alkyl halides is 3. The van der Waals surface area contributed by atoms with Gasteiger partial charge in [0, 0.05) is 26.7 Å². The van der Waals surface area contributed by atoms with Gasteiger partial charge in [0.05, 0.1) is 18.8 Å². The smallest absolute Gasteiger partial charge is 0.378 e. The van der Waals surface area contributed by atoms with E-state index >= 15 is 0 Å². The van der Waals surface area contributed by atoms with Crippen LogP contribution in [0.4, 0.5) is 23.3 Å². The van der Waals surface area contributed by atoms with Gasteiger partial charge in [-0.15, -0.1) is 0 Å². The third kappa shape index (κ3) is 4.51. The number of amides is 1. The molecule has 2 heterocycles. The van der Waals surface area contributed by atoms with E-state index in [1.54, 1.807) is 7.05 Å². The van der Waals surface area contributed by atoms with E-state index in [0.29, 0.717) is 36.4 Å². The zero-order valence-corrected chi connectivity index (χ0v) is 15.4. The standard InChI is InChI=1S/C17H19F3N4O2S/c1-21-15-13(23-16(27-15)24-6-8-26-9-7-24)14(25)22-10-11-4-2-3-5-12(11)17(18,19)20/h2-5,21H,6-10H2,1H3,(H,22,25). The predicted molar refractivity (Wildman–Crippen MR) is 97.3 cm³/mol. The molecule has 1 aliphatic heterocycles. The number of aromatic nitrogens is 1. The van der Waals surface area contributed by atoms with Gasteiger partial charge < -0.3 is 20.3 Å². The number of hydrogen-bond acceptors (Lipinski definition) is 6. The molecule has 3 rings (SSSR count). The molecule has 0 aliphatic carbocycles. The summed E-state index contributed by atoms with van der Waals surface area (Å²) in [5.74, 6) is -0.521. The summed E-state index contributed by atoms with van der Waals surface area (Å²) in [6.07, 6.45) is -4.47. The second-order valence-corrected chi connectivity index (χ2v) is 6.84. The summed E-state index contributed by atoms with van der Waals surface area (Å²) >= 11 is 1.33. The molecule has 1 saturated heterocycles. The zero-order valence-electron chi connectivity index (χ0n) is 14.6. The van der Waals surface area contributed by atoms with E-state index in [-0.39, 0.29) is 17.8 Å². The van der Waals surface area contributed by atoms with Gasteiger partial charge in [0.25, 0.3) is 5.91 Å². The molecular formula is C17H19F3N4O2S. The molecule has 0 radical (unpaired) electrons. The molecule has 0 atom stereocenters. The lowest BCUT2D eigenvalue weighted by atomic mass is 10.1. The first-order valence-corrected chi connectivity index (χ1v) is 9.16. The summed E-state index contributed by atoms with van der Waals surface area (Å²) in [4.78, 5) is 18.9. The highest BCUT2D eigenvalue weighted by molar-refractivity contribution is 7.19. The number of rotatable bonds is 5. The van der Waals surface area contributed by atoms with Gasteiger partial charge in [-0.1, -0.05) is 29.5 Å². The van der Waals surface area contributed by atoms with Crippen LogP contribution in [0.1, 0.15) is 21.6 Å². The maximum Gasteiger partial charge on any atom is 0.416 e. The normalized spacial score (nSPS) is 14.9. The lowest BCUT2D eigenvalue weighted by Gasteiger charge is -2.25. The third-order valence-corrected chi connectivity index (χ3v) is 5.24. The average molecular weight is 400 g/mol. The molecule has 2 aromatic rings. The number of nitrogens with one attached hydrogen (secondary N) is 2. The summed E-state index contributed by atoms with van der Waals surface area (Å²) in [5.41, 5.74) is -0.576. The molecule has 0 unspecified atom stereocenters. The van der Waals surface area contributed by atoms with Crippen molar-refractivity contribution in [1.29, 1.82) is 0 Å². The van der Waals surface area contributed by atoms with E-state index < -0.39 is 17.6 Å². The van der Waals surface area contributed by atoms with E-state index in [0.717, 1.165) is 6.07 Å². The van der Waals surface area contributed by atoms with Crippen LogP contribution in [0.15, 0.2) is 24.3 Å². The number of thiazole rings is 1. The molecule has 0 spiro atoms. The van der Waals surface area contributed by atoms with Crippen LogP contribution in [-0.4, -0.2) is 44.2 Å². The Kier molecular flexibility index (Phi) is 5.85. The number of nitrogens with zero attached hydrogens (tertiary/aromatic N) is 2. The number of hydrogen-bond donors (Lipinski definition) is 2. The Balaban J connectivity index is 1.74. The molecule has 1 aromatic heterocycles. The molecule has 1 amide bonds. The molecule has 10 heteroatoms. The maximum atomic E-state index is 13.1. The third-order valence-electron chi connectivity index (χ3n) is 4.10. The van der Waals surface area contributed by atoms with Crippen molar-refractivity contribution in [1.82, 2.24) is 10.3 Å². The van der Waals surface area contributed by atoms with Crippen LogP contribution in [0.3, 0.4) is 0 Å². The van der Waals surface area contributed by atoms with Crippen LogP contribution in [0.25, 0.3) is 0 Å². The minimum Gasteiger partial charge on any atom is -0.378 e. The van der Waals surface area contributed by atoms with Crippen LogP contribution in [0, 0.1) is 0 Å². The summed E-state index contributed by atoms with van der Waals surface area (Å²) in [6.45, 7) is 2.30.